The van der Waals surface area contributed by atoms with Crippen molar-refractivity contribution in [3.8, 4) is 0 Å². The largest absolute Gasteiger partial charge is 0.389 e. The van der Waals surface area contributed by atoms with Gasteiger partial charge in [-0.1, -0.05) is 27.2 Å². The number of ether oxygens (including phenoxy) is 1. The van der Waals surface area contributed by atoms with Gasteiger partial charge in [0.15, 0.2) is 0 Å². The second-order valence-electron chi connectivity index (χ2n) is 4.56. The Hall–Kier alpha value is -0.290. The number of alkyl halides is 3. The van der Waals surface area contributed by atoms with Gasteiger partial charge in [0.2, 0.25) is 0 Å². The second kappa shape index (κ2) is 8.75. The quantitative estimate of drug-likeness (QED) is 0.637. The highest BCUT2D eigenvalue weighted by Gasteiger charge is 2.26. The van der Waals surface area contributed by atoms with Gasteiger partial charge in [-0.05, 0) is 12.8 Å². The molecule has 0 aromatic carbocycles. The first-order valence-electron chi connectivity index (χ1n) is 6.27. The maximum Gasteiger partial charge on any atom is 0.389 e. The Morgan fingerprint density at radius 3 is 2.35 bits per heavy atom. The molecule has 0 bridgehead atoms. The van der Waals surface area contributed by atoms with Crippen molar-refractivity contribution in [3.05, 3.63) is 0 Å². The normalized spacial score (nSPS) is 14.3. The predicted octanol–water partition coefficient (Wildman–Crippen LogP) is 3.51. The van der Waals surface area contributed by atoms with Crippen molar-refractivity contribution in [2.24, 2.45) is 0 Å². The maximum atomic E-state index is 11.9. The van der Waals surface area contributed by atoms with Gasteiger partial charge in [-0.3, -0.25) is 0 Å². The van der Waals surface area contributed by atoms with E-state index in [1.807, 2.05) is 20.8 Å². The molecule has 104 valence electrons. The summed E-state index contributed by atoms with van der Waals surface area (Å²) in [5, 5.41) is 3.24. The molecule has 0 rings (SSSR count). The molecule has 0 spiro atoms. The molecule has 0 aliphatic carbocycles. The lowest BCUT2D eigenvalue weighted by Crippen LogP contribution is -2.33. The molecule has 17 heavy (non-hydrogen) atoms. The zero-order valence-corrected chi connectivity index (χ0v) is 10.9. The molecule has 0 aliphatic rings. The van der Waals surface area contributed by atoms with Gasteiger partial charge in [-0.15, -0.1) is 0 Å². The van der Waals surface area contributed by atoms with E-state index >= 15 is 0 Å². The molecule has 0 saturated carbocycles. The number of hydrogen-bond acceptors (Lipinski definition) is 2. The zero-order chi connectivity index (χ0) is 13.3. The standard InChI is InChI=1S/C12H24F3NO/c1-4-6-11(9-16-10(2)3)17-8-5-7-12(13,14)15/h10-11,16H,4-9H2,1-3H3. The van der Waals surface area contributed by atoms with Crippen LogP contribution in [0.1, 0.15) is 46.5 Å². The summed E-state index contributed by atoms with van der Waals surface area (Å²) in [5.41, 5.74) is 0. The lowest BCUT2D eigenvalue weighted by molar-refractivity contribution is -0.138. The van der Waals surface area contributed by atoms with Gasteiger partial charge in [0.25, 0.3) is 0 Å². The predicted molar refractivity (Wildman–Crippen MR) is 63.1 cm³/mol. The minimum Gasteiger partial charge on any atom is -0.377 e. The first kappa shape index (κ1) is 16.7. The monoisotopic (exact) mass is 255 g/mol. The molecule has 0 saturated heterocycles. The van der Waals surface area contributed by atoms with Crippen LogP contribution in [0.2, 0.25) is 0 Å². The van der Waals surface area contributed by atoms with E-state index < -0.39 is 12.6 Å². The molecule has 0 aromatic heterocycles. The minimum atomic E-state index is -4.07. The Morgan fingerprint density at radius 2 is 1.88 bits per heavy atom. The van der Waals surface area contributed by atoms with E-state index in [4.69, 9.17) is 4.74 Å². The van der Waals surface area contributed by atoms with E-state index in [0.717, 1.165) is 12.8 Å². The molecule has 1 N–H and O–H groups in total. The van der Waals surface area contributed by atoms with Gasteiger partial charge >= 0.3 is 6.18 Å². The third-order valence-electron chi connectivity index (χ3n) is 2.32. The van der Waals surface area contributed by atoms with E-state index in [2.05, 4.69) is 5.32 Å². The molecule has 0 aliphatic heterocycles. The Labute approximate surface area is 102 Å². The highest BCUT2D eigenvalue weighted by molar-refractivity contribution is 4.64. The third kappa shape index (κ3) is 12.0. The van der Waals surface area contributed by atoms with E-state index in [-0.39, 0.29) is 19.1 Å². The molecular weight excluding hydrogens is 231 g/mol. The maximum absolute atomic E-state index is 11.9. The lowest BCUT2D eigenvalue weighted by atomic mass is 10.2. The number of hydrogen-bond donors (Lipinski definition) is 1. The summed E-state index contributed by atoms with van der Waals surface area (Å²) < 4.78 is 41.2. The van der Waals surface area contributed by atoms with Crippen LogP contribution >= 0.6 is 0 Å². The Kier molecular flexibility index (Phi) is 8.60. The number of halogens is 3. The topological polar surface area (TPSA) is 21.3 Å². The zero-order valence-electron chi connectivity index (χ0n) is 10.9. The molecule has 0 amide bonds. The van der Waals surface area contributed by atoms with E-state index in [1.165, 1.54) is 0 Å². The average molecular weight is 255 g/mol. The highest BCUT2D eigenvalue weighted by atomic mass is 19.4. The van der Waals surface area contributed by atoms with Crippen molar-refractivity contribution >= 4 is 0 Å². The molecule has 0 fully saturated rings. The van der Waals surface area contributed by atoms with Gasteiger partial charge < -0.3 is 10.1 Å². The average Bonchev–Trinajstić information content (AvgIpc) is 2.19. The molecule has 0 radical (unpaired) electrons. The molecule has 1 atom stereocenters. The second-order valence-corrected chi connectivity index (χ2v) is 4.56. The third-order valence-corrected chi connectivity index (χ3v) is 2.32. The highest BCUT2D eigenvalue weighted by Crippen LogP contribution is 2.21. The smallest absolute Gasteiger partial charge is 0.377 e. The van der Waals surface area contributed by atoms with Gasteiger partial charge in [0, 0.05) is 25.6 Å². The van der Waals surface area contributed by atoms with Crippen LogP contribution in [0, 0.1) is 0 Å². The van der Waals surface area contributed by atoms with E-state index in [1.54, 1.807) is 0 Å². The van der Waals surface area contributed by atoms with Crippen molar-refractivity contribution in [2.75, 3.05) is 13.2 Å². The van der Waals surface area contributed by atoms with Crippen molar-refractivity contribution in [3.63, 3.8) is 0 Å². The van der Waals surface area contributed by atoms with Gasteiger partial charge in [0.05, 0.1) is 6.10 Å². The van der Waals surface area contributed by atoms with Crippen molar-refractivity contribution in [1.29, 1.82) is 0 Å². The first-order valence-corrected chi connectivity index (χ1v) is 6.27. The van der Waals surface area contributed by atoms with Crippen LogP contribution < -0.4 is 5.32 Å². The Balaban J connectivity index is 3.69. The summed E-state index contributed by atoms with van der Waals surface area (Å²) in [4.78, 5) is 0. The van der Waals surface area contributed by atoms with Crippen LogP contribution in [0.3, 0.4) is 0 Å². The fraction of sp³-hybridized carbons (Fsp3) is 1.00. The van der Waals surface area contributed by atoms with Gasteiger partial charge in [0.1, 0.15) is 0 Å². The number of nitrogens with one attached hydrogen (secondary N) is 1. The fourth-order valence-corrected chi connectivity index (χ4v) is 1.46. The SMILES string of the molecule is CCCC(CNC(C)C)OCCCC(F)(F)F. The summed E-state index contributed by atoms with van der Waals surface area (Å²) in [6, 6.07) is 0.369. The van der Waals surface area contributed by atoms with Crippen LogP contribution in [0.25, 0.3) is 0 Å². The first-order chi connectivity index (χ1) is 7.85. The van der Waals surface area contributed by atoms with Crippen LogP contribution in [-0.4, -0.2) is 31.5 Å². The minimum absolute atomic E-state index is 0.0237. The van der Waals surface area contributed by atoms with Gasteiger partial charge in [-0.25, -0.2) is 0 Å². The molecule has 2 nitrogen and oxygen atoms in total. The molecule has 0 heterocycles. The summed E-state index contributed by atoms with van der Waals surface area (Å²) in [5.74, 6) is 0. The van der Waals surface area contributed by atoms with E-state index in [9.17, 15) is 13.2 Å². The molecule has 0 aromatic rings. The summed E-state index contributed by atoms with van der Waals surface area (Å²) in [6.45, 7) is 7.00. The van der Waals surface area contributed by atoms with Crippen molar-refractivity contribution in [2.45, 2.75) is 64.8 Å². The van der Waals surface area contributed by atoms with Crippen LogP contribution in [0.5, 0.6) is 0 Å². The molecule has 1 unspecified atom stereocenters. The Morgan fingerprint density at radius 1 is 1.24 bits per heavy atom. The van der Waals surface area contributed by atoms with Crippen LogP contribution in [-0.2, 0) is 4.74 Å². The summed E-state index contributed by atoms with van der Waals surface area (Å²) in [7, 11) is 0. The van der Waals surface area contributed by atoms with Crippen LogP contribution in [0.15, 0.2) is 0 Å². The Bertz CT molecular complexity index is 183. The molecular formula is C12H24F3NO. The summed E-state index contributed by atoms with van der Waals surface area (Å²) >= 11 is 0. The lowest BCUT2D eigenvalue weighted by Gasteiger charge is -2.19. The van der Waals surface area contributed by atoms with Crippen molar-refractivity contribution in [1.82, 2.24) is 5.32 Å². The van der Waals surface area contributed by atoms with E-state index in [0.29, 0.717) is 12.6 Å². The van der Waals surface area contributed by atoms with Crippen LogP contribution in [0.4, 0.5) is 13.2 Å². The van der Waals surface area contributed by atoms with Crippen molar-refractivity contribution < 1.29 is 17.9 Å². The van der Waals surface area contributed by atoms with Gasteiger partial charge in [-0.2, -0.15) is 13.2 Å². The molecule has 5 heteroatoms. The number of rotatable bonds is 9. The summed E-state index contributed by atoms with van der Waals surface area (Å²) in [6.07, 6.45) is -2.90. The fourth-order valence-electron chi connectivity index (χ4n) is 1.46.